The summed E-state index contributed by atoms with van der Waals surface area (Å²) in [5.74, 6) is 0.0823. The van der Waals surface area contributed by atoms with Gasteiger partial charge >= 0.3 is 6.03 Å². The Hall–Kier alpha value is -1.66. The third-order valence-electron chi connectivity index (χ3n) is 6.03. The van der Waals surface area contributed by atoms with Gasteiger partial charge in [0, 0.05) is 30.5 Å². The number of aliphatic hydroxyl groups excluding tert-OH is 1. The number of fused-ring (bicyclic) bond motifs is 2. The molecule has 0 bridgehead atoms. The summed E-state index contributed by atoms with van der Waals surface area (Å²) in [6.45, 7) is 0.891. The minimum Gasteiger partial charge on any atom is -0.387 e. The SMILES string of the molecule is O=C(NCC(O)c1ccc(F)cc1)NC1C2CCOC2C12CCC2. The smallest absolute Gasteiger partial charge is 0.315 e. The molecule has 0 aromatic heterocycles. The van der Waals surface area contributed by atoms with Crippen LogP contribution in [0.25, 0.3) is 0 Å². The zero-order valence-electron chi connectivity index (χ0n) is 13.5. The van der Waals surface area contributed by atoms with E-state index in [4.69, 9.17) is 4.74 Å². The fraction of sp³-hybridized carbons (Fsp3) is 0.611. The molecule has 3 aliphatic rings. The van der Waals surface area contributed by atoms with Crippen LogP contribution in [0.5, 0.6) is 0 Å². The van der Waals surface area contributed by atoms with E-state index in [9.17, 15) is 14.3 Å². The van der Waals surface area contributed by atoms with E-state index in [1.807, 2.05) is 0 Å². The number of aliphatic hydroxyl groups is 1. The molecule has 1 aromatic carbocycles. The zero-order valence-corrected chi connectivity index (χ0v) is 13.5. The Morgan fingerprint density at radius 2 is 2.12 bits per heavy atom. The summed E-state index contributed by atoms with van der Waals surface area (Å²) in [4.78, 5) is 12.2. The molecule has 1 saturated heterocycles. The molecule has 3 N–H and O–H groups in total. The fourth-order valence-electron chi connectivity index (χ4n) is 4.64. The minimum absolute atomic E-state index is 0.0990. The van der Waals surface area contributed by atoms with Crippen LogP contribution in [0.3, 0.4) is 0 Å². The number of ether oxygens (including phenoxy) is 1. The first kappa shape index (κ1) is 15.8. The number of amides is 2. The van der Waals surface area contributed by atoms with Crippen molar-refractivity contribution in [2.24, 2.45) is 11.3 Å². The molecule has 130 valence electrons. The second-order valence-corrected chi connectivity index (χ2v) is 7.23. The zero-order chi connectivity index (χ0) is 16.7. The monoisotopic (exact) mass is 334 g/mol. The molecule has 3 fully saturated rings. The highest BCUT2D eigenvalue weighted by molar-refractivity contribution is 5.74. The quantitative estimate of drug-likeness (QED) is 0.790. The lowest BCUT2D eigenvalue weighted by atomic mass is 9.46. The van der Waals surface area contributed by atoms with E-state index >= 15 is 0 Å². The molecule has 1 aromatic rings. The number of halogens is 1. The Morgan fingerprint density at radius 3 is 2.79 bits per heavy atom. The Bertz CT molecular complexity index is 617. The Balaban J connectivity index is 1.30. The highest BCUT2D eigenvalue weighted by Gasteiger charge is 2.66. The molecular formula is C18H23FN2O3. The Labute approximate surface area is 140 Å². The molecule has 2 saturated carbocycles. The Morgan fingerprint density at radius 1 is 1.38 bits per heavy atom. The summed E-state index contributed by atoms with van der Waals surface area (Å²) in [5.41, 5.74) is 0.730. The van der Waals surface area contributed by atoms with E-state index in [1.165, 1.54) is 30.7 Å². The predicted octanol–water partition coefficient (Wildman–Crippen LogP) is 2.12. The fourth-order valence-corrected chi connectivity index (χ4v) is 4.64. The van der Waals surface area contributed by atoms with Gasteiger partial charge in [-0.1, -0.05) is 18.6 Å². The van der Waals surface area contributed by atoms with Crippen molar-refractivity contribution in [3.63, 3.8) is 0 Å². The number of hydrogen-bond donors (Lipinski definition) is 3. The second kappa shape index (κ2) is 6.01. The maximum Gasteiger partial charge on any atom is 0.315 e. The van der Waals surface area contributed by atoms with Gasteiger partial charge in [0.25, 0.3) is 0 Å². The maximum absolute atomic E-state index is 12.9. The molecule has 5 nitrogen and oxygen atoms in total. The van der Waals surface area contributed by atoms with E-state index in [2.05, 4.69) is 10.6 Å². The number of urea groups is 1. The van der Waals surface area contributed by atoms with Crippen LogP contribution in [-0.2, 0) is 4.74 Å². The normalized spacial score (nSPS) is 30.8. The van der Waals surface area contributed by atoms with Crippen LogP contribution < -0.4 is 10.6 Å². The molecule has 4 unspecified atom stereocenters. The van der Waals surface area contributed by atoms with Gasteiger partial charge < -0.3 is 20.5 Å². The number of carbonyl (C=O) groups is 1. The summed E-state index contributed by atoms with van der Waals surface area (Å²) in [6, 6.07) is 5.57. The van der Waals surface area contributed by atoms with Crippen LogP contribution in [-0.4, -0.2) is 36.4 Å². The van der Waals surface area contributed by atoms with Gasteiger partial charge in [-0.25, -0.2) is 9.18 Å². The summed E-state index contributed by atoms with van der Waals surface area (Å²) in [5, 5.41) is 15.9. The van der Waals surface area contributed by atoms with Gasteiger partial charge in [0.1, 0.15) is 5.82 Å². The van der Waals surface area contributed by atoms with Crippen molar-refractivity contribution in [3.8, 4) is 0 Å². The first-order chi connectivity index (χ1) is 11.6. The first-order valence-corrected chi connectivity index (χ1v) is 8.70. The molecule has 4 rings (SSSR count). The average molecular weight is 334 g/mol. The van der Waals surface area contributed by atoms with Crippen molar-refractivity contribution in [1.29, 1.82) is 0 Å². The number of nitrogens with one attached hydrogen (secondary N) is 2. The second-order valence-electron chi connectivity index (χ2n) is 7.23. The largest absolute Gasteiger partial charge is 0.387 e. The summed E-state index contributed by atoms with van der Waals surface area (Å²) in [7, 11) is 0. The van der Waals surface area contributed by atoms with Crippen LogP contribution in [0.1, 0.15) is 37.4 Å². The Kier molecular flexibility index (Phi) is 3.96. The van der Waals surface area contributed by atoms with Crippen LogP contribution in [0.15, 0.2) is 24.3 Å². The average Bonchev–Trinajstić information content (AvgIpc) is 2.95. The van der Waals surface area contributed by atoms with Gasteiger partial charge in [-0.3, -0.25) is 0 Å². The lowest BCUT2D eigenvalue weighted by molar-refractivity contribution is -0.172. The van der Waals surface area contributed by atoms with Crippen LogP contribution in [0.2, 0.25) is 0 Å². The number of rotatable bonds is 4. The highest BCUT2D eigenvalue weighted by Crippen LogP contribution is 2.62. The first-order valence-electron chi connectivity index (χ1n) is 8.70. The van der Waals surface area contributed by atoms with E-state index in [-0.39, 0.29) is 29.8 Å². The molecule has 0 radical (unpaired) electrons. The minimum atomic E-state index is -0.849. The summed E-state index contributed by atoms with van der Waals surface area (Å²) in [6.07, 6.45) is 3.93. The van der Waals surface area contributed by atoms with Gasteiger partial charge in [-0.2, -0.15) is 0 Å². The lowest BCUT2D eigenvalue weighted by Crippen LogP contribution is -2.72. The van der Waals surface area contributed by atoms with Crippen LogP contribution >= 0.6 is 0 Å². The molecule has 2 aliphatic carbocycles. The standard InChI is InChI=1S/C18H23FN2O3/c19-12-4-2-11(3-5-12)14(22)10-20-17(23)21-15-13-6-9-24-16(13)18(15)7-1-8-18/h2-5,13-16,22H,1,6-10H2,(H2,20,21,23). The van der Waals surface area contributed by atoms with E-state index in [1.54, 1.807) is 0 Å². The molecule has 1 spiro atoms. The predicted molar refractivity (Wildman–Crippen MR) is 85.8 cm³/mol. The molecule has 1 heterocycles. The van der Waals surface area contributed by atoms with Gasteiger partial charge in [0.15, 0.2) is 0 Å². The summed E-state index contributed by atoms with van der Waals surface area (Å²) < 4.78 is 18.7. The number of hydrogen-bond acceptors (Lipinski definition) is 3. The third-order valence-corrected chi connectivity index (χ3v) is 6.03. The maximum atomic E-state index is 12.9. The van der Waals surface area contributed by atoms with Crippen molar-refractivity contribution in [1.82, 2.24) is 10.6 Å². The van der Waals surface area contributed by atoms with Crippen molar-refractivity contribution < 1.29 is 19.0 Å². The molecule has 6 heteroatoms. The van der Waals surface area contributed by atoms with Gasteiger partial charge in [0.2, 0.25) is 0 Å². The topological polar surface area (TPSA) is 70.6 Å². The van der Waals surface area contributed by atoms with Crippen LogP contribution in [0.4, 0.5) is 9.18 Å². The van der Waals surface area contributed by atoms with E-state index in [0.717, 1.165) is 25.9 Å². The van der Waals surface area contributed by atoms with Crippen molar-refractivity contribution >= 4 is 6.03 Å². The number of benzene rings is 1. The van der Waals surface area contributed by atoms with Gasteiger partial charge in [-0.05, 0) is 37.0 Å². The van der Waals surface area contributed by atoms with Crippen molar-refractivity contribution in [3.05, 3.63) is 35.6 Å². The highest BCUT2D eigenvalue weighted by atomic mass is 19.1. The summed E-state index contributed by atoms with van der Waals surface area (Å²) >= 11 is 0. The molecule has 24 heavy (non-hydrogen) atoms. The lowest BCUT2D eigenvalue weighted by Gasteiger charge is -2.63. The van der Waals surface area contributed by atoms with Gasteiger partial charge in [0.05, 0.1) is 12.2 Å². The molecule has 4 atom stereocenters. The van der Waals surface area contributed by atoms with Crippen molar-refractivity contribution in [2.45, 2.75) is 43.9 Å². The number of carbonyl (C=O) groups excluding carboxylic acids is 1. The van der Waals surface area contributed by atoms with Gasteiger partial charge in [-0.15, -0.1) is 0 Å². The molecular weight excluding hydrogens is 311 g/mol. The van der Waals surface area contributed by atoms with Crippen LogP contribution in [0, 0.1) is 17.2 Å². The van der Waals surface area contributed by atoms with Crippen molar-refractivity contribution in [2.75, 3.05) is 13.2 Å². The van der Waals surface area contributed by atoms with E-state index in [0.29, 0.717) is 17.6 Å². The molecule has 1 aliphatic heterocycles. The van der Waals surface area contributed by atoms with E-state index < -0.39 is 6.10 Å². The molecule has 2 amide bonds. The third kappa shape index (κ3) is 2.48.